The molecule has 37 heavy (non-hydrogen) atoms. The Morgan fingerprint density at radius 3 is 2.89 bits per heavy atom. The van der Waals surface area contributed by atoms with Crippen molar-refractivity contribution >= 4 is 38.4 Å². The van der Waals surface area contributed by atoms with Gasteiger partial charge < -0.3 is 19.7 Å². The molecule has 2 N–H and O–H groups in total. The number of phenols is 1. The zero-order valence-corrected chi connectivity index (χ0v) is 21.2. The smallest absolute Gasteiger partial charge is 0.166 e. The number of imidazole rings is 1. The lowest BCUT2D eigenvalue weighted by atomic mass is 10.1. The number of piperidine rings is 1. The summed E-state index contributed by atoms with van der Waals surface area (Å²) in [6.45, 7) is 3.49. The number of hydrogen-bond acceptors (Lipinski definition) is 8. The van der Waals surface area contributed by atoms with Crippen LogP contribution in [-0.2, 0) is 17.7 Å². The summed E-state index contributed by atoms with van der Waals surface area (Å²) >= 11 is 1.71. The highest BCUT2D eigenvalue weighted by Crippen LogP contribution is 2.35. The number of aromatic nitrogens is 4. The van der Waals surface area contributed by atoms with Gasteiger partial charge in [-0.1, -0.05) is 30.3 Å². The normalized spacial score (nSPS) is 19.4. The first-order valence-corrected chi connectivity index (χ1v) is 13.7. The number of likely N-dealkylation sites (tertiary alicyclic amines) is 1. The average molecular weight is 513 g/mol. The summed E-state index contributed by atoms with van der Waals surface area (Å²) in [6.07, 6.45) is 5.79. The van der Waals surface area contributed by atoms with Gasteiger partial charge in [0, 0.05) is 47.2 Å². The average Bonchev–Trinajstić information content (AvgIpc) is 3.43. The number of thiophene rings is 1. The number of phenolic OH excluding ortho intramolecular Hbond substituents is 1. The van der Waals surface area contributed by atoms with Gasteiger partial charge >= 0.3 is 0 Å². The number of aromatic hydroxyl groups is 1. The number of nitrogens with zero attached hydrogens (tertiary/aromatic N) is 5. The van der Waals surface area contributed by atoms with E-state index in [4.69, 9.17) is 19.7 Å². The fraction of sp³-hybridized carbons (Fsp3) is 0.321. The standard InChI is InChI=1S/C28H28N6O2S/c35-19-9-7-18(8-10-19)11-12-29-26-24-27(32-25(31-26)21-16-37-23-6-2-1-4-20(21)23)34(17-30-24)15-14-33-13-3-5-22-28(33)36-22/h1-2,4,6-10,16-17,22,28,35H,3,5,11-15H2,(H,29,31,32). The Morgan fingerprint density at radius 1 is 1.08 bits per heavy atom. The Morgan fingerprint density at radius 2 is 1.97 bits per heavy atom. The molecule has 2 saturated heterocycles. The first kappa shape index (κ1) is 22.7. The fourth-order valence-electron chi connectivity index (χ4n) is 5.25. The molecule has 2 aliphatic heterocycles. The number of fused-ring (bicyclic) bond motifs is 3. The second kappa shape index (κ2) is 9.41. The first-order chi connectivity index (χ1) is 18.2. The van der Waals surface area contributed by atoms with Gasteiger partial charge in [0.2, 0.25) is 0 Å². The molecule has 0 bridgehead atoms. The molecule has 188 valence electrons. The molecule has 0 spiro atoms. The van der Waals surface area contributed by atoms with Gasteiger partial charge in [-0.15, -0.1) is 11.3 Å². The second-order valence-corrected chi connectivity index (χ2v) is 10.6. The molecule has 3 aromatic heterocycles. The minimum atomic E-state index is 0.278. The van der Waals surface area contributed by atoms with E-state index in [9.17, 15) is 5.11 Å². The van der Waals surface area contributed by atoms with Gasteiger partial charge in [0.05, 0.1) is 12.4 Å². The fourth-order valence-corrected chi connectivity index (χ4v) is 6.19. The molecule has 2 aromatic carbocycles. The number of epoxide rings is 1. The van der Waals surface area contributed by atoms with Crippen LogP contribution in [0.2, 0.25) is 0 Å². The molecule has 9 heteroatoms. The lowest BCUT2D eigenvalue weighted by Crippen LogP contribution is -2.35. The van der Waals surface area contributed by atoms with E-state index in [0.717, 1.165) is 59.5 Å². The van der Waals surface area contributed by atoms with E-state index in [0.29, 0.717) is 24.7 Å². The van der Waals surface area contributed by atoms with Crippen molar-refractivity contribution in [1.82, 2.24) is 24.4 Å². The van der Waals surface area contributed by atoms with Gasteiger partial charge in [-0.3, -0.25) is 4.90 Å². The number of ether oxygens (including phenoxy) is 1. The SMILES string of the molecule is Oc1ccc(CCNc2nc(-c3csc4ccccc34)nc3c2ncn3CCN2CCCC3OC32)cc1. The maximum atomic E-state index is 9.57. The van der Waals surface area contributed by atoms with E-state index in [1.807, 2.05) is 18.5 Å². The number of benzene rings is 2. The van der Waals surface area contributed by atoms with E-state index in [-0.39, 0.29) is 5.75 Å². The molecule has 0 aliphatic carbocycles. The van der Waals surface area contributed by atoms with Crippen LogP contribution in [0.5, 0.6) is 5.75 Å². The van der Waals surface area contributed by atoms with Crippen LogP contribution in [0.25, 0.3) is 32.6 Å². The third kappa shape index (κ3) is 4.43. The van der Waals surface area contributed by atoms with E-state index in [1.54, 1.807) is 23.5 Å². The zero-order chi connectivity index (χ0) is 24.8. The van der Waals surface area contributed by atoms with Crippen LogP contribution in [0.3, 0.4) is 0 Å². The van der Waals surface area contributed by atoms with Gasteiger partial charge in [0.25, 0.3) is 0 Å². The van der Waals surface area contributed by atoms with Crippen molar-refractivity contribution in [2.45, 2.75) is 38.1 Å². The Bertz CT molecular complexity index is 1560. The molecule has 7 rings (SSSR count). The molecular formula is C28H28N6O2S. The van der Waals surface area contributed by atoms with Crippen molar-refractivity contribution < 1.29 is 9.84 Å². The van der Waals surface area contributed by atoms with Crippen LogP contribution in [0.1, 0.15) is 18.4 Å². The Kier molecular flexibility index (Phi) is 5.76. The summed E-state index contributed by atoms with van der Waals surface area (Å²) in [5, 5.41) is 16.4. The monoisotopic (exact) mass is 512 g/mol. The zero-order valence-electron chi connectivity index (χ0n) is 20.4. The van der Waals surface area contributed by atoms with Crippen LogP contribution in [0.15, 0.2) is 60.2 Å². The predicted octanol–water partition coefficient (Wildman–Crippen LogP) is 4.89. The lowest BCUT2D eigenvalue weighted by Gasteiger charge is -2.23. The summed E-state index contributed by atoms with van der Waals surface area (Å²) in [7, 11) is 0. The molecule has 2 unspecified atom stereocenters. The number of rotatable bonds is 8. The maximum absolute atomic E-state index is 9.57. The van der Waals surface area contributed by atoms with Crippen molar-refractivity contribution in [2.75, 3.05) is 25.0 Å². The van der Waals surface area contributed by atoms with E-state index >= 15 is 0 Å². The summed E-state index contributed by atoms with van der Waals surface area (Å²) in [5.41, 5.74) is 3.82. The number of nitrogens with one attached hydrogen (secondary N) is 1. The Labute approximate surface area is 218 Å². The summed E-state index contributed by atoms with van der Waals surface area (Å²) < 4.78 is 9.18. The van der Waals surface area contributed by atoms with Crippen molar-refractivity contribution in [3.63, 3.8) is 0 Å². The quantitative estimate of drug-likeness (QED) is 0.286. The molecular weight excluding hydrogens is 484 g/mol. The predicted molar refractivity (Wildman–Crippen MR) is 146 cm³/mol. The van der Waals surface area contributed by atoms with Crippen molar-refractivity contribution in [1.29, 1.82) is 0 Å². The van der Waals surface area contributed by atoms with Crippen LogP contribution < -0.4 is 5.32 Å². The van der Waals surface area contributed by atoms with Crippen LogP contribution in [-0.4, -0.2) is 61.5 Å². The van der Waals surface area contributed by atoms with Crippen molar-refractivity contribution in [3.05, 3.63) is 65.8 Å². The second-order valence-electron chi connectivity index (χ2n) is 9.74. The lowest BCUT2D eigenvalue weighted by molar-refractivity contribution is 0.170. The molecule has 0 amide bonds. The van der Waals surface area contributed by atoms with Crippen LogP contribution >= 0.6 is 11.3 Å². The molecule has 2 atom stereocenters. The molecule has 8 nitrogen and oxygen atoms in total. The summed E-state index contributed by atoms with van der Waals surface area (Å²) in [6, 6.07) is 15.7. The summed E-state index contributed by atoms with van der Waals surface area (Å²) in [5.74, 6) is 1.74. The van der Waals surface area contributed by atoms with Gasteiger partial charge in [0.15, 0.2) is 17.3 Å². The van der Waals surface area contributed by atoms with E-state index in [1.165, 1.54) is 17.5 Å². The summed E-state index contributed by atoms with van der Waals surface area (Å²) in [4.78, 5) is 17.2. The van der Waals surface area contributed by atoms with Gasteiger partial charge in [-0.2, -0.15) is 0 Å². The van der Waals surface area contributed by atoms with Gasteiger partial charge in [0.1, 0.15) is 17.5 Å². The Balaban J connectivity index is 1.20. The minimum absolute atomic E-state index is 0.278. The topological polar surface area (TPSA) is 91.6 Å². The highest BCUT2D eigenvalue weighted by molar-refractivity contribution is 7.17. The molecule has 0 saturated carbocycles. The number of hydrogen-bond donors (Lipinski definition) is 2. The van der Waals surface area contributed by atoms with Gasteiger partial charge in [-0.05, 0) is 43.0 Å². The molecule has 0 radical (unpaired) electrons. The van der Waals surface area contributed by atoms with E-state index < -0.39 is 0 Å². The molecule has 2 aliphatic rings. The minimum Gasteiger partial charge on any atom is -0.508 e. The highest BCUT2D eigenvalue weighted by atomic mass is 32.1. The van der Waals surface area contributed by atoms with Crippen LogP contribution in [0, 0.1) is 0 Å². The molecule has 5 aromatic rings. The van der Waals surface area contributed by atoms with Crippen molar-refractivity contribution in [2.24, 2.45) is 0 Å². The third-order valence-corrected chi connectivity index (χ3v) is 8.27. The maximum Gasteiger partial charge on any atom is 0.166 e. The van der Waals surface area contributed by atoms with Gasteiger partial charge in [-0.25, -0.2) is 15.0 Å². The third-order valence-electron chi connectivity index (χ3n) is 7.31. The van der Waals surface area contributed by atoms with E-state index in [2.05, 4.69) is 44.4 Å². The number of anilines is 1. The van der Waals surface area contributed by atoms with Crippen molar-refractivity contribution in [3.8, 4) is 17.1 Å². The largest absolute Gasteiger partial charge is 0.508 e. The molecule has 5 heterocycles. The molecule has 2 fully saturated rings. The van der Waals surface area contributed by atoms with Crippen LogP contribution in [0.4, 0.5) is 5.82 Å². The highest BCUT2D eigenvalue weighted by Gasteiger charge is 2.45. The Hall–Kier alpha value is -3.53. The first-order valence-electron chi connectivity index (χ1n) is 12.8.